The van der Waals surface area contributed by atoms with E-state index in [4.69, 9.17) is 0 Å². The first kappa shape index (κ1) is 10.6. The average Bonchev–Trinajstić information content (AvgIpc) is 2.55. The summed E-state index contributed by atoms with van der Waals surface area (Å²) in [4.78, 5) is 11.2. The van der Waals surface area contributed by atoms with Crippen LogP contribution in [0.4, 0.5) is 0 Å². The van der Waals surface area contributed by atoms with E-state index in [9.17, 15) is 9.00 Å². The number of rotatable bonds is 5. The van der Waals surface area contributed by atoms with Gasteiger partial charge in [0.25, 0.3) is 0 Å². The van der Waals surface area contributed by atoms with Gasteiger partial charge in [-0.25, -0.2) is 0 Å². The first-order valence-corrected chi connectivity index (χ1v) is 6.37. The van der Waals surface area contributed by atoms with Gasteiger partial charge in [-0.1, -0.05) is 13.0 Å². The van der Waals surface area contributed by atoms with E-state index in [-0.39, 0.29) is 11.5 Å². The van der Waals surface area contributed by atoms with Gasteiger partial charge in [0.1, 0.15) is 5.78 Å². The second kappa shape index (κ2) is 5.29. The molecule has 0 N–H and O–H groups in total. The molecule has 1 heterocycles. The second-order valence-electron chi connectivity index (χ2n) is 2.71. The summed E-state index contributed by atoms with van der Waals surface area (Å²) in [7, 11) is -1.11. The lowest BCUT2D eigenvalue weighted by molar-refractivity contribution is -0.116. The van der Waals surface area contributed by atoms with Crippen LogP contribution in [0.3, 0.4) is 0 Å². The van der Waals surface area contributed by atoms with E-state index in [2.05, 4.69) is 0 Å². The molecular formula is C9H12O2S2. The van der Waals surface area contributed by atoms with Gasteiger partial charge in [0, 0.05) is 6.42 Å². The Morgan fingerprint density at radius 2 is 2.38 bits per heavy atom. The summed E-state index contributed by atoms with van der Waals surface area (Å²) in [5.74, 6) is 0.267. The van der Waals surface area contributed by atoms with Crippen LogP contribution in [0.2, 0.25) is 0 Å². The Labute approximate surface area is 84.4 Å². The van der Waals surface area contributed by atoms with Crippen molar-refractivity contribution >= 4 is 27.9 Å². The molecule has 1 aromatic heterocycles. The summed E-state index contributed by atoms with van der Waals surface area (Å²) in [6.45, 7) is 1.95. The Balaban J connectivity index is 2.47. The van der Waals surface area contributed by atoms with Crippen LogP contribution < -0.4 is 0 Å². The SMILES string of the molecule is CCCC(=O)CS(=O)c1cccs1. The maximum absolute atomic E-state index is 11.5. The molecule has 0 bridgehead atoms. The van der Waals surface area contributed by atoms with Crippen LogP contribution >= 0.6 is 11.3 Å². The highest BCUT2D eigenvalue weighted by atomic mass is 32.2. The Morgan fingerprint density at radius 3 is 2.92 bits per heavy atom. The molecule has 0 radical (unpaired) electrons. The van der Waals surface area contributed by atoms with Gasteiger partial charge in [0.15, 0.2) is 0 Å². The van der Waals surface area contributed by atoms with E-state index in [1.54, 1.807) is 6.07 Å². The Kier molecular flexibility index (Phi) is 4.32. The summed E-state index contributed by atoms with van der Waals surface area (Å²) in [6.07, 6.45) is 1.37. The number of thiophene rings is 1. The van der Waals surface area contributed by atoms with Crippen LogP contribution in [-0.2, 0) is 15.6 Å². The largest absolute Gasteiger partial charge is 0.299 e. The number of Topliss-reactive ketones (excluding diaryl/α,β-unsaturated/α-hetero) is 1. The third-order valence-electron chi connectivity index (χ3n) is 1.54. The van der Waals surface area contributed by atoms with E-state index in [0.29, 0.717) is 6.42 Å². The van der Waals surface area contributed by atoms with Crippen LogP contribution in [0.5, 0.6) is 0 Å². The van der Waals surface area contributed by atoms with Crippen molar-refractivity contribution in [3.63, 3.8) is 0 Å². The zero-order chi connectivity index (χ0) is 9.68. The van der Waals surface area contributed by atoms with E-state index < -0.39 is 10.8 Å². The fraction of sp³-hybridized carbons (Fsp3) is 0.444. The van der Waals surface area contributed by atoms with Gasteiger partial charge in [-0.05, 0) is 17.9 Å². The predicted molar refractivity (Wildman–Crippen MR) is 55.5 cm³/mol. The van der Waals surface area contributed by atoms with Crippen molar-refractivity contribution < 1.29 is 9.00 Å². The molecule has 72 valence electrons. The molecule has 4 heteroatoms. The minimum atomic E-state index is -1.11. The topological polar surface area (TPSA) is 34.1 Å². The van der Waals surface area contributed by atoms with Crippen LogP contribution in [0.15, 0.2) is 21.7 Å². The highest BCUT2D eigenvalue weighted by molar-refractivity contribution is 7.88. The Bertz CT molecular complexity index is 291. The molecule has 1 rings (SSSR count). The molecule has 1 atom stereocenters. The zero-order valence-electron chi connectivity index (χ0n) is 7.49. The molecule has 0 spiro atoms. The molecule has 0 aliphatic rings. The van der Waals surface area contributed by atoms with Crippen molar-refractivity contribution in [1.82, 2.24) is 0 Å². The molecule has 0 amide bonds. The number of ketones is 1. The molecule has 2 nitrogen and oxygen atoms in total. The number of carbonyl (C=O) groups is 1. The van der Waals surface area contributed by atoms with Crippen LogP contribution in [0.1, 0.15) is 19.8 Å². The third-order valence-corrected chi connectivity index (χ3v) is 4.22. The molecule has 0 saturated carbocycles. The molecule has 0 saturated heterocycles. The molecule has 13 heavy (non-hydrogen) atoms. The van der Waals surface area contributed by atoms with Crippen LogP contribution in [-0.4, -0.2) is 15.7 Å². The van der Waals surface area contributed by atoms with Crippen molar-refractivity contribution in [2.24, 2.45) is 0 Å². The predicted octanol–water partition coefficient (Wildman–Crippen LogP) is 2.22. The van der Waals surface area contributed by atoms with Gasteiger partial charge in [0.2, 0.25) is 0 Å². The summed E-state index contributed by atoms with van der Waals surface area (Å²) >= 11 is 1.44. The normalized spacial score (nSPS) is 12.7. The molecular weight excluding hydrogens is 204 g/mol. The van der Waals surface area contributed by atoms with Crippen molar-refractivity contribution in [1.29, 1.82) is 0 Å². The van der Waals surface area contributed by atoms with Gasteiger partial charge in [-0.2, -0.15) is 0 Å². The third kappa shape index (κ3) is 3.40. The number of carbonyl (C=O) groups excluding carboxylic acids is 1. The number of hydrogen-bond donors (Lipinski definition) is 0. The fourth-order valence-electron chi connectivity index (χ4n) is 0.961. The zero-order valence-corrected chi connectivity index (χ0v) is 9.12. The van der Waals surface area contributed by atoms with E-state index in [0.717, 1.165) is 10.6 Å². The van der Waals surface area contributed by atoms with Crippen LogP contribution in [0, 0.1) is 0 Å². The highest BCUT2D eigenvalue weighted by Gasteiger charge is 2.09. The molecule has 0 aromatic carbocycles. The van der Waals surface area contributed by atoms with Crippen molar-refractivity contribution in [3.05, 3.63) is 17.5 Å². The molecule has 0 aliphatic heterocycles. The summed E-state index contributed by atoms with van der Waals surface area (Å²) in [5.41, 5.74) is 0. The highest BCUT2D eigenvalue weighted by Crippen LogP contribution is 2.14. The first-order valence-electron chi connectivity index (χ1n) is 4.17. The monoisotopic (exact) mass is 216 g/mol. The first-order chi connectivity index (χ1) is 6.24. The van der Waals surface area contributed by atoms with Gasteiger partial charge in [-0.3, -0.25) is 9.00 Å². The second-order valence-corrected chi connectivity index (χ2v) is 5.34. The quantitative estimate of drug-likeness (QED) is 0.756. The van der Waals surface area contributed by atoms with Gasteiger partial charge >= 0.3 is 0 Å². The van der Waals surface area contributed by atoms with E-state index in [1.807, 2.05) is 18.4 Å². The molecule has 0 aliphatic carbocycles. The van der Waals surface area contributed by atoms with Crippen molar-refractivity contribution in [2.75, 3.05) is 5.75 Å². The lowest BCUT2D eigenvalue weighted by Crippen LogP contribution is -2.09. The van der Waals surface area contributed by atoms with Gasteiger partial charge in [-0.15, -0.1) is 11.3 Å². The smallest absolute Gasteiger partial charge is 0.145 e. The van der Waals surface area contributed by atoms with E-state index >= 15 is 0 Å². The standard InChI is InChI=1S/C9H12O2S2/c1-2-4-8(10)7-13(11)9-5-3-6-12-9/h3,5-6H,2,4,7H2,1H3. The lowest BCUT2D eigenvalue weighted by Gasteiger charge is -1.96. The minimum Gasteiger partial charge on any atom is -0.299 e. The summed E-state index contributed by atoms with van der Waals surface area (Å²) < 4.78 is 12.3. The molecule has 0 fully saturated rings. The summed E-state index contributed by atoms with van der Waals surface area (Å²) in [5, 5.41) is 1.87. The minimum absolute atomic E-state index is 0.0919. The summed E-state index contributed by atoms with van der Waals surface area (Å²) in [6, 6.07) is 3.65. The van der Waals surface area contributed by atoms with E-state index in [1.165, 1.54) is 11.3 Å². The Morgan fingerprint density at radius 1 is 1.62 bits per heavy atom. The van der Waals surface area contributed by atoms with Gasteiger partial charge in [0.05, 0.1) is 20.8 Å². The maximum atomic E-state index is 11.5. The Hall–Kier alpha value is -0.480. The molecule has 1 unspecified atom stereocenters. The van der Waals surface area contributed by atoms with Gasteiger partial charge < -0.3 is 0 Å². The fourth-order valence-corrected chi connectivity index (χ4v) is 2.99. The molecule has 1 aromatic rings. The van der Waals surface area contributed by atoms with Crippen molar-refractivity contribution in [3.8, 4) is 0 Å². The number of hydrogen-bond acceptors (Lipinski definition) is 3. The lowest BCUT2D eigenvalue weighted by atomic mass is 10.3. The average molecular weight is 216 g/mol. The van der Waals surface area contributed by atoms with Crippen LogP contribution in [0.25, 0.3) is 0 Å². The van der Waals surface area contributed by atoms with Crippen molar-refractivity contribution in [2.45, 2.75) is 24.0 Å². The maximum Gasteiger partial charge on any atom is 0.145 e.